The summed E-state index contributed by atoms with van der Waals surface area (Å²) in [6, 6.07) is 0. The smallest absolute Gasteiger partial charge is 0.0102 e. The van der Waals surface area contributed by atoms with E-state index in [0.717, 1.165) is 5.92 Å². The summed E-state index contributed by atoms with van der Waals surface area (Å²) in [6.07, 6.45) is 12.9. The lowest BCUT2D eigenvalue weighted by Gasteiger charge is -2.55. The minimum Gasteiger partial charge on any atom is -0.103 e. The Morgan fingerprint density at radius 2 is 1.29 bits per heavy atom. The Morgan fingerprint density at radius 3 is 1.65 bits per heavy atom. The number of fused-ring (bicyclic) bond motifs is 2. The zero-order valence-electron chi connectivity index (χ0n) is 11.5. The van der Waals surface area contributed by atoms with Gasteiger partial charge in [-0.1, -0.05) is 32.1 Å². The Labute approximate surface area is 106 Å². The average molecular weight is 230 g/mol. The lowest BCUT2D eigenvalue weighted by molar-refractivity contribution is -0.000887. The zero-order chi connectivity index (χ0) is 12.7. The Bertz CT molecular complexity index is 322. The van der Waals surface area contributed by atoms with Gasteiger partial charge in [-0.3, -0.25) is 0 Å². The molecule has 2 atom stereocenters. The second-order valence-electron chi connectivity index (χ2n) is 7.11. The summed E-state index contributed by atoms with van der Waals surface area (Å²) in [5.41, 5.74) is 0.923. The molecule has 0 nitrogen and oxygen atoms in total. The van der Waals surface area contributed by atoms with Crippen LogP contribution in [-0.4, -0.2) is 0 Å². The predicted octanol–water partition coefficient (Wildman–Crippen LogP) is 5.14. The van der Waals surface area contributed by atoms with Crippen molar-refractivity contribution in [3.8, 4) is 0 Å². The number of allylic oxidation sites excluding steroid dienone is 3. The second-order valence-corrected chi connectivity index (χ2v) is 7.11. The van der Waals surface area contributed by atoms with Crippen molar-refractivity contribution in [1.29, 1.82) is 0 Å². The number of hydrogen-bond acceptors (Lipinski definition) is 0. The van der Waals surface area contributed by atoms with Crippen LogP contribution < -0.4 is 0 Å². The van der Waals surface area contributed by atoms with Crippen LogP contribution in [0, 0.1) is 22.2 Å². The maximum atomic E-state index is 4.13. The highest BCUT2D eigenvalue weighted by Crippen LogP contribution is 2.61. The van der Waals surface area contributed by atoms with E-state index in [1.54, 1.807) is 0 Å². The fraction of sp³-hybridized carbons (Fsp3) is 0.647. The maximum Gasteiger partial charge on any atom is -0.0102 e. The predicted molar refractivity (Wildman–Crippen MR) is 75.8 cm³/mol. The van der Waals surface area contributed by atoms with Crippen LogP contribution in [0.1, 0.15) is 46.0 Å². The molecule has 2 aliphatic carbocycles. The van der Waals surface area contributed by atoms with Crippen molar-refractivity contribution >= 4 is 0 Å². The van der Waals surface area contributed by atoms with Crippen molar-refractivity contribution in [2.75, 3.05) is 0 Å². The summed E-state index contributed by atoms with van der Waals surface area (Å²) in [7, 11) is 0. The normalized spacial score (nSPS) is 49.4. The molecule has 0 aromatic carbocycles. The van der Waals surface area contributed by atoms with Crippen LogP contribution >= 0.6 is 0 Å². The first-order valence-electron chi connectivity index (χ1n) is 6.79. The van der Waals surface area contributed by atoms with Gasteiger partial charge in [0, 0.05) is 0 Å². The average Bonchev–Trinajstić information content (AvgIpc) is 2.27. The van der Waals surface area contributed by atoms with Gasteiger partial charge in [0.15, 0.2) is 0 Å². The summed E-state index contributed by atoms with van der Waals surface area (Å²) in [5.74, 6) is 0.807. The van der Waals surface area contributed by atoms with Crippen LogP contribution in [0.25, 0.3) is 0 Å². The Balaban J connectivity index is 2.34. The van der Waals surface area contributed by atoms with E-state index in [1.807, 2.05) is 0 Å². The van der Waals surface area contributed by atoms with Gasteiger partial charge in [-0.15, -0.1) is 19.7 Å². The van der Waals surface area contributed by atoms with Crippen LogP contribution in [0.3, 0.4) is 0 Å². The van der Waals surface area contributed by atoms with E-state index >= 15 is 0 Å². The zero-order valence-corrected chi connectivity index (χ0v) is 11.5. The van der Waals surface area contributed by atoms with Crippen molar-refractivity contribution < 1.29 is 0 Å². The highest BCUT2D eigenvalue weighted by molar-refractivity contribution is 5.15. The molecule has 0 aliphatic heterocycles. The molecule has 0 saturated heterocycles. The molecule has 0 heteroatoms. The molecule has 2 fully saturated rings. The minimum atomic E-state index is 0.305. The third kappa shape index (κ3) is 2.14. The monoisotopic (exact) mass is 230 g/mol. The first-order chi connectivity index (χ1) is 7.88. The van der Waals surface area contributed by atoms with Crippen LogP contribution in [0.5, 0.6) is 0 Å². The summed E-state index contributed by atoms with van der Waals surface area (Å²) in [6.45, 7) is 17.0. The highest BCUT2D eigenvalue weighted by Gasteiger charge is 2.50. The van der Waals surface area contributed by atoms with Crippen LogP contribution in [0.4, 0.5) is 0 Å². The van der Waals surface area contributed by atoms with Gasteiger partial charge >= 0.3 is 0 Å². The Kier molecular flexibility index (Phi) is 2.88. The molecular formula is C17H26. The van der Waals surface area contributed by atoms with Gasteiger partial charge in [0.05, 0.1) is 0 Å². The van der Waals surface area contributed by atoms with E-state index in [-0.39, 0.29) is 0 Å². The van der Waals surface area contributed by atoms with Gasteiger partial charge in [0.25, 0.3) is 0 Å². The Morgan fingerprint density at radius 1 is 0.824 bits per heavy atom. The fourth-order valence-electron chi connectivity index (χ4n) is 4.61. The lowest BCUT2D eigenvalue weighted by Crippen LogP contribution is -2.45. The fourth-order valence-corrected chi connectivity index (χ4v) is 4.61. The van der Waals surface area contributed by atoms with Gasteiger partial charge in [-0.05, 0) is 54.3 Å². The molecule has 2 bridgehead atoms. The standard InChI is InChI=1S/C17H26/c1-6-15(4)9-14-10-16(5,7-2)13-17(8-3,11-14)12-15/h6-8,14H,1-3,9-13H2,4-5H3. The largest absolute Gasteiger partial charge is 0.103 e. The van der Waals surface area contributed by atoms with Crippen LogP contribution in [-0.2, 0) is 0 Å². The SMILES string of the molecule is C=CC1(C)CC2CC(C)(C=C)CC(C=C)(C2)C1. The van der Waals surface area contributed by atoms with E-state index in [9.17, 15) is 0 Å². The highest BCUT2D eigenvalue weighted by atomic mass is 14.5. The summed E-state index contributed by atoms with van der Waals surface area (Å²) >= 11 is 0. The van der Waals surface area contributed by atoms with Gasteiger partial charge in [0.1, 0.15) is 0 Å². The van der Waals surface area contributed by atoms with Crippen molar-refractivity contribution in [1.82, 2.24) is 0 Å². The van der Waals surface area contributed by atoms with E-state index in [2.05, 4.69) is 51.8 Å². The third-order valence-corrected chi connectivity index (χ3v) is 5.14. The molecule has 0 amide bonds. The van der Waals surface area contributed by atoms with Gasteiger partial charge in [-0.2, -0.15) is 0 Å². The van der Waals surface area contributed by atoms with Gasteiger partial charge < -0.3 is 0 Å². The molecule has 2 aliphatic rings. The van der Waals surface area contributed by atoms with E-state index < -0.39 is 0 Å². The maximum absolute atomic E-state index is 4.13. The molecule has 2 saturated carbocycles. The van der Waals surface area contributed by atoms with E-state index in [0.29, 0.717) is 16.2 Å². The summed E-state index contributed by atoms with van der Waals surface area (Å²) < 4.78 is 0. The van der Waals surface area contributed by atoms with Crippen LogP contribution in [0.15, 0.2) is 38.0 Å². The topological polar surface area (TPSA) is 0 Å². The molecule has 0 spiro atoms. The summed E-state index contributed by atoms with van der Waals surface area (Å²) in [5, 5.41) is 0. The summed E-state index contributed by atoms with van der Waals surface area (Å²) in [4.78, 5) is 0. The Hall–Kier alpha value is -0.780. The van der Waals surface area contributed by atoms with Crippen molar-refractivity contribution in [2.24, 2.45) is 22.2 Å². The van der Waals surface area contributed by atoms with Gasteiger partial charge in [-0.25, -0.2) is 0 Å². The first kappa shape index (κ1) is 12.7. The van der Waals surface area contributed by atoms with E-state index in [1.165, 1.54) is 32.1 Å². The molecule has 17 heavy (non-hydrogen) atoms. The molecule has 0 heterocycles. The lowest BCUT2D eigenvalue weighted by atomic mass is 9.49. The second kappa shape index (κ2) is 3.86. The number of rotatable bonds is 3. The van der Waals surface area contributed by atoms with Crippen LogP contribution in [0.2, 0.25) is 0 Å². The molecule has 0 aromatic heterocycles. The molecule has 0 radical (unpaired) electrons. The van der Waals surface area contributed by atoms with Gasteiger partial charge in [0.2, 0.25) is 0 Å². The molecule has 0 N–H and O–H groups in total. The first-order valence-corrected chi connectivity index (χ1v) is 6.79. The minimum absolute atomic E-state index is 0.305. The van der Waals surface area contributed by atoms with E-state index in [4.69, 9.17) is 0 Å². The van der Waals surface area contributed by atoms with Crippen molar-refractivity contribution in [3.63, 3.8) is 0 Å². The quantitative estimate of drug-likeness (QED) is 0.589. The third-order valence-electron chi connectivity index (χ3n) is 5.14. The molecule has 94 valence electrons. The molecule has 2 unspecified atom stereocenters. The van der Waals surface area contributed by atoms with Crippen molar-refractivity contribution in [2.45, 2.75) is 46.0 Å². The number of hydrogen-bond donors (Lipinski definition) is 0. The molecular weight excluding hydrogens is 204 g/mol. The van der Waals surface area contributed by atoms with Crippen molar-refractivity contribution in [3.05, 3.63) is 38.0 Å². The molecule has 2 rings (SSSR count). The molecule has 0 aromatic rings.